The number of carbonyl (C=O) groups excluding carboxylic acids is 2. The van der Waals surface area contributed by atoms with Gasteiger partial charge in [0.15, 0.2) is 0 Å². The van der Waals surface area contributed by atoms with E-state index in [2.05, 4.69) is 15.2 Å². The summed E-state index contributed by atoms with van der Waals surface area (Å²) in [6.07, 6.45) is 2.63. The molecule has 0 atom stereocenters. The minimum Gasteiger partial charge on any atom is -0.379 e. The van der Waals surface area contributed by atoms with Crippen molar-refractivity contribution in [2.45, 2.75) is 26.4 Å². The third kappa shape index (κ3) is 5.49. The lowest BCUT2D eigenvalue weighted by atomic mass is 10.3. The van der Waals surface area contributed by atoms with Gasteiger partial charge in [-0.05, 0) is 32.4 Å². The van der Waals surface area contributed by atoms with E-state index in [1.807, 2.05) is 32.0 Å². The number of aromatic nitrogens is 1. The Hall–Kier alpha value is -2.15. The molecule has 1 saturated heterocycles. The molecule has 0 bridgehead atoms. The molecule has 1 aromatic heterocycles. The average molecular weight is 334 g/mol. The predicted octanol–water partition coefficient (Wildman–Crippen LogP) is 0.662. The molecule has 2 rings (SSSR count). The number of amides is 2. The van der Waals surface area contributed by atoms with Crippen LogP contribution < -0.4 is 10.2 Å². The van der Waals surface area contributed by atoms with E-state index in [1.165, 1.54) is 0 Å². The van der Waals surface area contributed by atoms with Crippen molar-refractivity contribution in [1.29, 1.82) is 0 Å². The van der Waals surface area contributed by atoms with Gasteiger partial charge in [-0.25, -0.2) is 4.98 Å². The van der Waals surface area contributed by atoms with Crippen LogP contribution in [0.1, 0.15) is 20.3 Å². The molecular weight excluding hydrogens is 308 g/mol. The lowest BCUT2D eigenvalue weighted by molar-refractivity contribution is -0.146. The quantitative estimate of drug-likeness (QED) is 0.611. The fourth-order valence-corrected chi connectivity index (χ4v) is 2.49. The van der Waals surface area contributed by atoms with Crippen molar-refractivity contribution < 1.29 is 14.3 Å². The molecule has 1 aromatic rings. The second kappa shape index (κ2) is 9.22. The number of carbonyl (C=O) groups is 2. The number of nitrogens with one attached hydrogen (secondary N) is 1. The summed E-state index contributed by atoms with van der Waals surface area (Å²) in [6.45, 7) is 7.37. The standard InChI is InChI=1S/C17H26N4O3/c1-14(2)24-13-5-8-19-16(22)17(23)21-11-9-20(10-12-21)15-6-3-4-7-18-15/h3-4,6-7,14H,5,8-13H2,1-2H3,(H,19,22). The van der Waals surface area contributed by atoms with Gasteiger partial charge < -0.3 is 19.9 Å². The highest BCUT2D eigenvalue weighted by Gasteiger charge is 2.26. The zero-order chi connectivity index (χ0) is 17.4. The SMILES string of the molecule is CC(C)OCCCNC(=O)C(=O)N1CCN(c2ccccn2)CC1. The first-order chi connectivity index (χ1) is 11.6. The first kappa shape index (κ1) is 18.2. The highest BCUT2D eigenvalue weighted by molar-refractivity contribution is 6.35. The van der Waals surface area contributed by atoms with Gasteiger partial charge in [-0.1, -0.05) is 6.07 Å². The number of hydrogen-bond donors (Lipinski definition) is 1. The second-order valence-electron chi connectivity index (χ2n) is 6.00. The van der Waals surface area contributed by atoms with E-state index in [0.29, 0.717) is 45.8 Å². The Bertz CT molecular complexity index is 528. The van der Waals surface area contributed by atoms with Crippen LogP contribution in [0.15, 0.2) is 24.4 Å². The molecule has 0 aromatic carbocycles. The molecule has 2 amide bonds. The van der Waals surface area contributed by atoms with Crippen LogP contribution in [-0.2, 0) is 14.3 Å². The molecule has 0 unspecified atom stereocenters. The zero-order valence-corrected chi connectivity index (χ0v) is 14.4. The Morgan fingerprint density at radius 1 is 1.25 bits per heavy atom. The monoisotopic (exact) mass is 334 g/mol. The molecule has 24 heavy (non-hydrogen) atoms. The number of hydrogen-bond acceptors (Lipinski definition) is 5. The Morgan fingerprint density at radius 3 is 2.62 bits per heavy atom. The summed E-state index contributed by atoms with van der Waals surface area (Å²) in [7, 11) is 0. The summed E-state index contributed by atoms with van der Waals surface area (Å²) in [5.74, 6) is -0.0921. The van der Waals surface area contributed by atoms with Crippen LogP contribution in [0.5, 0.6) is 0 Å². The van der Waals surface area contributed by atoms with Gasteiger partial charge in [0.1, 0.15) is 5.82 Å². The van der Waals surface area contributed by atoms with Gasteiger partial charge >= 0.3 is 11.8 Å². The van der Waals surface area contributed by atoms with Crippen molar-refractivity contribution >= 4 is 17.6 Å². The molecule has 0 spiro atoms. The van der Waals surface area contributed by atoms with E-state index >= 15 is 0 Å². The fourth-order valence-electron chi connectivity index (χ4n) is 2.49. The van der Waals surface area contributed by atoms with Gasteiger partial charge in [-0.3, -0.25) is 9.59 Å². The zero-order valence-electron chi connectivity index (χ0n) is 14.4. The van der Waals surface area contributed by atoms with Crippen molar-refractivity contribution in [2.24, 2.45) is 0 Å². The average Bonchev–Trinajstić information content (AvgIpc) is 2.61. The third-order valence-electron chi connectivity index (χ3n) is 3.79. The molecule has 0 aliphatic carbocycles. The van der Waals surface area contributed by atoms with Crippen LogP contribution in [0.2, 0.25) is 0 Å². The van der Waals surface area contributed by atoms with Crippen LogP contribution >= 0.6 is 0 Å². The van der Waals surface area contributed by atoms with Crippen LogP contribution in [0, 0.1) is 0 Å². The van der Waals surface area contributed by atoms with Crippen LogP contribution in [0.4, 0.5) is 5.82 Å². The molecule has 2 heterocycles. The first-order valence-electron chi connectivity index (χ1n) is 8.42. The molecule has 7 heteroatoms. The van der Waals surface area contributed by atoms with Crippen molar-refractivity contribution in [3.05, 3.63) is 24.4 Å². The van der Waals surface area contributed by atoms with Gasteiger partial charge in [0.05, 0.1) is 6.10 Å². The Balaban J connectivity index is 1.69. The van der Waals surface area contributed by atoms with E-state index in [9.17, 15) is 9.59 Å². The van der Waals surface area contributed by atoms with Crippen molar-refractivity contribution in [1.82, 2.24) is 15.2 Å². The van der Waals surface area contributed by atoms with E-state index < -0.39 is 11.8 Å². The van der Waals surface area contributed by atoms with Gasteiger partial charge in [-0.15, -0.1) is 0 Å². The maximum Gasteiger partial charge on any atom is 0.312 e. The van der Waals surface area contributed by atoms with Crippen molar-refractivity contribution in [3.8, 4) is 0 Å². The summed E-state index contributed by atoms with van der Waals surface area (Å²) in [5.41, 5.74) is 0. The van der Waals surface area contributed by atoms with Crippen LogP contribution in [0.3, 0.4) is 0 Å². The van der Waals surface area contributed by atoms with Gasteiger partial charge in [0.25, 0.3) is 0 Å². The summed E-state index contributed by atoms with van der Waals surface area (Å²) >= 11 is 0. The molecule has 1 aliphatic heterocycles. The van der Waals surface area contributed by atoms with Gasteiger partial charge in [-0.2, -0.15) is 0 Å². The first-order valence-corrected chi connectivity index (χ1v) is 8.42. The summed E-state index contributed by atoms with van der Waals surface area (Å²) in [6, 6.07) is 5.76. The molecule has 1 fully saturated rings. The fraction of sp³-hybridized carbons (Fsp3) is 0.588. The van der Waals surface area contributed by atoms with E-state index in [4.69, 9.17) is 4.74 Å². The van der Waals surface area contributed by atoms with Gasteiger partial charge in [0.2, 0.25) is 0 Å². The lowest BCUT2D eigenvalue weighted by Crippen LogP contribution is -2.53. The normalized spacial score (nSPS) is 14.8. The van der Waals surface area contributed by atoms with Crippen molar-refractivity contribution in [2.75, 3.05) is 44.2 Å². The predicted molar refractivity (Wildman–Crippen MR) is 91.7 cm³/mol. The lowest BCUT2D eigenvalue weighted by Gasteiger charge is -2.35. The summed E-state index contributed by atoms with van der Waals surface area (Å²) < 4.78 is 5.40. The number of piperazine rings is 1. The van der Waals surface area contributed by atoms with Gasteiger partial charge in [0, 0.05) is 45.5 Å². The minimum atomic E-state index is -0.536. The second-order valence-corrected chi connectivity index (χ2v) is 6.00. The number of nitrogens with zero attached hydrogens (tertiary/aromatic N) is 3. The van der Waals surface area contributed by atoms with Crippen LogP contribution in [0.25, 0.3) is 0 Å². The summed E-state index contributed by atoms with van der Waals surface area (Å²) in [5, 5.41) is 2.66. The molecule has 7 nitrogen and oxygen atoms in total. The largest absolute Gasteiger partial charge is 0.379 e. The molecule has 1 N–H and O–H groups in total. The van der Waals surface area contributed by atoms with E-state index in [1.54, 1.807) is 11.1 Å². The number of rotatable bonds is 6. The number of pyridine rings is 1. The third-order valence-corrected chi connectivity index (χ3v) is 3.79. The minimum absolute atomic E-state index is 0.178. The molecule has 1 aliphatic rings. The number of anilines is 1. The molecule has 0 radical (unpaired) electrons. The maximum absolute atomic E-state index is 12.2. The topological polar surface area (TPSA) is 74.8 Å². The van der Waals surface area contributed by atoms with E-state index in [-0.39, 0.29) is 6.10 Å². The van der Waals surface area contributed by atoms with E-state index in [0.717, 1.165) is 5.82 Å². The smallest absolute Gasteiger partial charge is 0.312 e. The Labute approximate surface area is 143 Å². The highest BCUT2D eigenvalue weighted by Crippen LogP contribution is 2.12. The maximum atomic E-state index is 12.2. The molecule has 132 valence electrons. The Kier molecular flexibility index (Phi) is 6.99. The van der Waals surface area contributed by atoms with Crippen molar-refractivity contribution in [3.63, 3.8) is 0 Å². The highest BCUT2D eigenvalue weighted by atomic mass is 16.5. The number of ether oxygens (including phenoxy) is 1. The molecule has 0 saturated carbocycles. The summed E-state index contributed by atoms with van der Waals surface area (Å²) in [4.78, 5) is 32.1. The Morgan fingerprint density at radius 2 is 2.00 bits per heavy atom. The molecular formula is C17H26N4O3. The van der Waals surface area contributed by atoms with Crippen LogP contribution in [-0.4, -0.2) is 67.1 Å².